The molecule has 1 atom stereocenters. The number of carbonyl (C=O) groups is 1. The van der Waals surface area contributed by atoms with E-state index in [0.29, 0.717) is 12.7 Å². The summed E-state index contributed by atoms with van der Waals surface area (Å²) in [4.78, 5) is 11.6. The summed E-state index contributed by atoms with van der Waals surface area (Å²) in [5, 5.41) is 5.76. The van der Waals surface area contributed by atoms with Crippen LogP contribution in [0.5, 0.6) is 17.2 Å². The zero-order valence-electron chi connectivity index (χ0n) is 20.3. The molecule has 3 aromatic carbocycles. The first-order valence-electron chi connectivity index (χ1n) is 12.2. The van der Waals surface area contributed by atoms with Crippen LogP contribution in [0.1, 0.15) is 24.0 Å². The lowest BCUT2D eigenvalue weighted by Gasteiger charge is -2.22. The van der Waals surface area contributed by atoms with Gasteiger partial charge in [0.2, 0.25) is 12.7 Å². The van der Waals surface area contributed by atoms with E-state index in [1.807, 2.05) is 18.2 Å². The molecule has 0 radical (unpaired) electrons. The van der Waals surface area contributed by atoms with Gasteiger partial charge < -0.3 is 24.8 Å². The lowest BCUT2D eigenvalue weighted by atomic mass is 10.0. The predicted octanol–water partition coefficient (Wildman–Crippen LogP) is 4.76. The summed E-state index contributed by atoms with van der Waals surface area (Å²) in [6.07, 6.45) is 2.31. The quantitative estimate of drug-likeness (QED) is 0.476. The normalized spacial score (nSPS) is 15.9. The molecule has 0 spiro atoms. The van der Waals surface area contributed by atoms with Crippen LogP contribution in [-0.2, 0) is 17.8 Å². The fourth-order valence-electron chi connectivity index (χ4n) is 4.01. The van der Waals surface area contributed by atoms with Crippen molar-refractivity contribution in [3.8, 4) is 17.2 Å². The summed E-state index contributed by atoms with van der Waals surface area (Å²) >= 11 is 0. The average molecular weight is 515 g/mol. The fraction of sp³-hybridized carbons (Fsp3) is 0.321. The Kier molecular flexibility index (Phi) is 9.26. The third-order valence-electron chi connectivity index (χ3n) is 6.06. The topological polar surface area (TPSA) is 68.8 Å². The Morgan fingerprint density at radius 1 is 0.973 bits per heavy atom. The molecule has 0 aliphatic carbocycles. The second kappa shape index (κ2) is 13.0. The SMILES string of the molecule is O=C(Cc1ccccc1F)NCc1c(F)cccc1F.c1cc2c(cc1OCC1CCCNC1)OCO2. The molecule has 1 unspecified atom stereocenters. The van der Waals surface area contributed by atoms with E-state index in [1.165, 1.54) is 37.1 Å². The molecule has 0 aromatic heterocycles. The van der Waals surface area contributed by atoms with Gasteiger partial charge in [0.25, 0.3) is 0 Å². The Morgan fingerprint density at radius 3 is 2.49 bits per heavy atom. The first kappa shape index (κ1) is 26.3. The Labute approximate surface area is 213 Å². The Hall–Kier alpha value is -3.72. The van der Waals surface area contributed by atoms with Crippen LogP contribution in [0.3, 0.4) is 0 Å². The van der Waals surface area contributed by atoms with Crippen LogP contribution < -0.4 is 24.8 Å². The average Bonchev–Trinajstić information content (AvgIpc) is 3.38. The van der Waals surface area contributed by atoms with Crippen LogP contribution in [0.2, 0.25) is 0 Å². The van der Waals surface area contributed by atoms with Gasteiger partial charge in [-0.2, -0.15) is 0 Å². The highest BCUT2D eigenvalue weighted by atomic mass is 19.1. The number of hydrogen-bond acceptors (Lipinski definition) is 5. The molecule has 1 fully saturated rings. The van der Waals surface area contributed by atoms with Crippen molar-refractivity contribution >= 4 is 5.91 Å². The molecule has 6 nitrogen and oxygen atoms in total. The van der Waals surface area contributed by atoms with E-state index in [2.05, 4.69) is 10.6 Å². The van der Waals surface area contributed by atoms with E-state index >= 15 is 0 Å². The molecule has 1 amide bonds. The van der Waals surface area contributed by atoms with Gasteiger partial charge in [-0.15, -0.1) is 0 Å². The number of carbonyl (C=O) groups excluding carboxylic acids is 1. The summed E-state index contributed by atoms with van der Waals surface area (Å²) in [6.45, 7) is 3.01. The minimum atomic E-state index is -0.726. The number of piperidine rings is 1. The van der Waals surface area contributed by atoms with Gasteiger partial charge in [0.05, 0.1) is 13.0 Å². The molecule has 37 heavy (non-hydrogen) atoms. The molecule has 196 valence electrons. The maximum atomic E-state index is 13.3. The molecule has 2 heterocycles. The number of ether oxygens (including phenoxy) is 3. The van der Waals surface area contributed by atoms with Crippen LogP contribution in [0, 0.1) is 23.4 Å². The molecule has 2 N–H and O–H groups in total. The first-order chi connectivity index (χ1) is 18.0. The van der Waals surface area contributed by atoms with Gasteiger partial charge in [-0.3, -0.25) is 4.79 Å². The second-order valence-electron chi connectivity index (χ2n) is 8.78. The molecule has 0 bridgehead atoms. The highest BCUT2D eigenvalue weighted by molar-refractivity contribution is 5.78. The molecule has 3 aromatic rings. The van der Waals surface area contributed by atoms with Crippen molar-refractivity contribution in [1.82, 2.24) is 10.6 Å². The van der Waals surface area contributed by atoms with Crippen molar-refractivity contribution < 1.29 is 32.2 Å². The van der Waals surface area contributed by atoms with Crippen molar-refractivity contribution in [2.75, 3.05) is 26.5 Å². The van der Waals surface area contributed by atoms with E-state index < -0.39 is 23.4 Å². The summed E-state index contributed by atoms with van der Waals surface area (Å²) in [5.74, 6) is 0.625. The zero-order valence-corrected chi connectivity index (χ0v) is 20.3. The lowest BCUT2D eigenvalue weighted by Crippen LogP contribution is -2.33. The lowest BCUT2D eigenvalue weighted by molar-refractivity contribution is -0.120. The van der Waals surface area contributed by atoms with Gasteiger partial charge in [-0.05, 0) is 55.3 Å². The number of halogens is 3. The second-order valence-corrected chi connectivity index (χ2v) is 8.78. The molecule has 2 aliphatic heterocycles. The highest BCUT2D eigenvalue weighted by Crippen LogP contribution is 2.35. The summed E-state index contributed by atoms with van der Waals surface area (Å²) in [5.41, 5.74) is 0.0217. The van der Waals surface area contributed by atoms with E-state index in [0.717, 1.165) is 49.1 Å². The molecule has 1 saturated heterocycles. The summed E-state index contributed by atoms with van der Waals surface area (Å²) in [7, 11) is 0. The van der Waals surface area contributed by atoms with Gasteiger partial charge in [-0.25, -0.2) is 13.2 Å². The number of benzene rings is 3. The maximum absolute atomic E-state index is 13.3. The van der Waals surface area contributed by atoms with Gasteiger partial charge in [-0.1, -0.05) is 24.3 Å². The van der Waals surface area contributed by atoms with Crippen LogP contribution in [-0.4, -0.2) is 32.4 Å². The van der Waals surface area contributed by atoms with Gasteiger partial charge >= 0.3 is 0 Å². The zero-order chi connectivity index (χ0) is 26.0. The number of fused-ring (bicyclic) bond motifs is 1. The predicted molar refractivity (Wildman–Crippen MR) is 132 cm³/mol. The van der Waals surface area contributed by atoms with Crippen molar-refractivity contribution in [3.05, 3.63) is 89.2 Å². The Morgan fingerprint density at radius 2 is 1.73 bits per heavy atom. The van der Waals surface area contributed by atoms with Crippen molar-refractivity contribution in [2.24, 2.45) is 5.92 Å². The molecule has 0 saturated carbocycles. The Bertz CT molecular complexity index is 1180. The van der Waals surface area contributed by atoms with Crippen molar-refractivity contribution in [3.63, 3.8) is 0 Å². The van der Waals surface area contributed by atoms with Gasteiger partial charge in [0.15, 0.2) is 11.5 Å². The third-order valence-corrected chi connectivity index (χ3v) is 6.06. The minimum Gasteiger partial charge on any atom is -0.493 e. The minimum absolute atomic E-state index is 0.178. The number of nitrogens with one attached hydrogen (secondary N) is 2. The van der Waals surface area contributed by atoms with Crippen LogP contribution in [0.25, 0.3) is 0 Å². The number of hydrogen-bond donors (Lipinski definition) is 2. The summed E-state index contributed by atoms with van der Waals surface area (Å²) in [6, 6.07) is 15.1. The van der Waals surface area contributed by atoms with Gasteiger partial charge in [0.1, 0.15) is 23.2 Å². The van der Waals surface area contributed by atoms with Gasteiger partial charge in [0, 0.05) is 30.6 Å². The molecule has 9 heteroatoms. The molecule has 5 rings (SSSR count). The fourth-order valence-corrected chi connectivity index (χ4v) is 4.01. The number of amides is 1. The van der Waals surface area contributed by atoms with E-state index in [-0.39, 0.29) is 24.1 Å². The smallest absolute Gasteiger partial charge is 0.231 e. The van der Waals surface area contributed by atoms with E-state index in [4.69, 9.17) is 14.2 Å². The summed E-state index contributed by atoms with van der Waals surface area (Å²) < 4.78 is 56.4. The first-order valence-corrected chi connectivity index (χ1v) is 12.2. The highest BCUT2D eigenvalue weighted by Gasteiger charge is 2.16. The largest absolute Gasteiger partial charge is 0.493 e. The monoisotopic (exact) mass is 514 g/mol. The van der Waals surface area contributed by atoms with Crippen LogP contribution >= 0.6 is 0 Å². The molecular formula is C28H29F3N2O4. The molecule has 2 aliphatic rings. The Balaban J connectivity index is 0.000000175. The molecular weight excluding hydrogens is 485 g/mol. The van der Waals surface area contributed by atoms with Crippen molar-refractivity contribution in [1.29, 1.82) is 0 Å². The standard InChI is InChI=1S/C15H12F3NO.C13H17NO3/c16-12-5-2-1-4-10(12)8-15(20)19-9-11-13(17)6-3-7-14(11)18;1-2-10(7-14-5-1)8-15-11-3-4-12-13(6-11)17-9-16-12/h1-7H,8-9H2,(H,19,20);3-4,6,10,14H,1-2,5,7-9H2. The number of rotatable bonds is 7. The van der Waals surface area contributed by atoms with E-state index in [1.54, 1.807) is 6.07 Å². The van der Waals surface area contributed by atoms with Crippen LogP contribution in [0.15, 0.2) is 60.7 Å². The van der Waals surface area contributed by atoms with Crippen LogP contribution in [0.4, 0.5) is 13.2 Å². The van der Waals surface area contributed by atoms with E-state index in [9.17, 15) is 18.0 Å². The van der Waals surface area contributed by atoms with Crippen molar-refractivity contribution in [2.45, 2.75) is 25.8 Å². The third kappa shape index (κ3) is 7.63. The maximum Gasteiger partial charge on any atom is 0.231 e.